The van der Waals surface area contributed by atoms with Crippen LogP contribution in [0.1, 0.15) is 53.5 Å². The second-order valence-electron chi connectivity index (χ2n) is 9.24. The van der Waals surface area contributed by atoms with E-state index in [0.29, 0.717) is 5.92 Å². The lowest BCUT2D eigenvalue weighted by Gasteiger charge is -2.20. The number of fused-ring (bicyclic) bond motifs is 4. The maximum absolute atomic E-state index is 6.04. The van der Waals surface area contributed by atoms with E-state index in [1.807, 2.05) is 6.20 Å². The first-order chi connectivity index (χ1) is 15.7. The predicted molar refractivity (Wildman–Crippen MR) is 132 cm³/mol. The van der Waals surface area contributed by atoms with Crippen molar-refractivity contribution >= 4 is 21.9 Å². The van der Waals surface area contributed by atoms with Crippen LogP contribution in [0, 0.1) is 6.92 Å². The number of hydrogen-bond acceptors (Lipinski definition) is 2. The zero-order chi connectivity index (χ0) is 21.7. The van der Waals surface area contributed by atoms with Gasteiger partial charge in [-0.25, -0.2) is 0 Å². The molecule has 2 heterocycles. The number of rotatable bonds is 3. The third kappa shape index (κ3) is 3.31. The van der Waals surface area contributed by atoms with Crippen molar-refractivity contribution in [2.75, 3.05) is 0 Å². The van der Waals surface area contributed by atoms with Crippen LogP contribution in [0.15, 0.2) is 77.3 Å². The summed E-state index contributed by atoms with van der Waals surface area (Å²) in [5.74, 6) is 0.338. The van der Waals surface area contributed by atoms with Crippen LogP contribution >= 0.6 is 0 Å². The van der Waals surface area contributed by atoms with E-state index in [9.17, 15) is 0 Å². The Balaban J connectivity index is 1.38. The topological polar surface area (TPSA) is 26.0 Å². The van der Waals surface area contributed by atoms with Crippen molar-refractivity contribution in [1.29, 1.82) is 0 Å². The lowest BCUT2D eigenvalue weighted by Crippen LogP contribution is -2.05. The highest BCUT2D eigenvalue weighted by Gasteiger charge is 2.15. The van der Waals surface area contributed by atoms with Gasteiger partial charge in [-0.05, 0) is 97.3 Å². The van der Waals surface area contributed by atoms with Gasteiger partial charge in [0.2, 0.25) is 0 Å². The molecule has 0 saturated carbocycles. The van der Waals surface area contributed by atoms with Crippen LogP contribution in [0.4, 0.5) is 0 Å². The van der Waals surface area contributed by atoms with E-state index in [2.05, 4.69) is 80.6 Å². The lowest BCUT2D eigenvalue weighted by atomic mass is 9.86. The van der Waals surface area contributed by atoms with Gasteiger partial charge in [-0.2, -0.15) is 0 Å². The van der Waals surface area contributed by atoms with Gasteiger partial charge in [-0.1, -0.05) is 36.8 Å². The van der Waals surface area contributed by atoms with E-state index in [0.717, 1.165) is 27.8 Å². The van der Waals surface area contributed by atoms with Gasteiger partial charge in [0.15, 0.2) is 0 Å². The smallest absolute Gasteiger partial charge is 0.135 e. The third-order valence-electron chi connectivity index (χ3n) is 7.08. The standard InChI is InChI=1S/C30H27NO/c1-19-7-11-29-26(15-19)27-17-25(10-12-30(27)32-29)28-18-23(13-14-31-28)20(2)22-9-8-21-5-3-4-6-24(21)16-22/h7-18,20H,3-6H2,1-2H3. The lowest BCUT2D eigenvalue weighted by molar-refractivity contribution is 0.669. The van der Waals surface area contributed by atoms with Gasteiger partial charge in [0.25, 0.3) is 0 Å². The molecule has 32 heavy (non-hydrogen) atoms. The minimum atomic E-state index is 0.338. The summed E-state index contributed by atoms with van der Waals surface area (Å²) in [5, 5.41) is 2.32. The Labute approximate surface area is 188 Å². The fraction of sp³-hybridized carbons (Fsp3) is 0.233. The predicted octanol–water partition coefficient (Wildman–Crippen LogP) is 7.99. The molecule has 158 valence electrons. The van der Waals surface area contributed by atoms with E-state index >= 15 is 0 Å². The van der Waals surface area contributed by atoms with Gasteiger partial charge in [0.1, 0.15) is 11.2 Å². The minimum Gasteiger partial charge on any atom is -0.456 e. The van der Waals surface area contributed by atoms with Crippen LogP contribution < -0.4 is 0 Å². The first-order valence-electron chi connectivity index (χ1n) is 11.7. The Morgan fingerprint density at radius 1 is 0.750 bits per heavy atom. The Kier molecular flexibility index (Phi) is 4.61. The second kappa shape index (κ2) is 7.63. The van der Waals surface area contributed by atoms with Gasteiger partial charge < -0.3 is 4.42 Å². The summed E-state index contributed by atoms with van der Waals surface area (Å²) in [6.07, 6.45) is 7.03. The van der Waals surface area contributed by atoms with Crippen molar-refractivity contribution in [2.24, 2.45) is 0 Å². The van der Waals surface area contributed by atoms with Gasteiger partial charge in [-0.15, -0.1) is 0 Å². The molecule has 1 aliphatic rings. The molecule has 0 amide bonds. The zero-order valence-electron chi connectivity index (χ0n) is 18.7. The molecule has 0 N–H and O–H groups in total. The van der Waals surface area contributed by atoms with Crippen LogP contribution in [0.5, 0.6) is 0 Å². The molecule has 6 rings (SSSR count). The van der Waals surface area contributed by atoms with E-state index in [1.54, 1.807) is 11.1 Å². The molecule has 0 aliphatic heterocycles. The number of hydrogen-bond donors (Lipinski definition) is 0. The first-order valence-corrected chi connectivity index (χ1v) is 11.7. The molecule has 1 atom stereocenters. The molecule has 2 nitrogen and oxygen atoms in total. The third-order valence-corrected chi connectivity index (χ3v) is 7.08. The highest BCUT2D eigenvalue weighted by atomic mass is 16.3. The van der Waals surface area contributed by atoms with Crippen LogP contribution in [-0.2, 0) is 12.8 Å². The molecule has 0 spiro atoms. The molecular weight excluding hydrogens is 390 g/mol. The van der Waals surface area contributed by atoms with Gasteiger partial charge in [-0.3, -0.25) is 4.98 Å². The summed E-state index contributed by atoms with van der Waals surface area (Å²) in [6, 6.07) is 24.3. The second-order valence-corrected chi connectivity index (χ2v) is 9.24. The van der Waals surface area contributed by atoms with Crippen LogP contribution in [0.2, 0.25) is 0 Å². The highest BCUT2D eigenvalue weighted by Crippen LogP contribution is 2.34. The van der Waals surface area contributed by atoms with Crippen LogP contribution in [0.3, 0.4) is 0 Å². The Morgan fingerprint density at radius 2 is 1.50 bits per heavy atom. The Hall–Kier alpha value is -3.39. The summed E-state index contributed by atoms with van der Waals surface area (Å²) in [6.45, 7) is 4.43. The van der Waals surface area contributed by atoms with Crippen molar-refractivity contribution < 1.29 is 4.42 Å². The van der Waals surface area contributed by atoms with Crippen molar-refractivity contribution in [3.05, 3.63) is 101 Å². The largest absolute Gasteiger partial charge is 0.456 e. The fourth-order valence-electron chi connectivity index (χ4n) is 5.14. The van der Waals surface area contributed by atoms with Gasteiger partial charge in [0, 0.05) is 28.5 Å². The molecule has 3 aromatic carbocycles. The van der Waals surface area contributed by atoms with E-state index in [-0.39, 0.29) is 0 Å². The minimum absolute atomic E-state index is 0.338. The molecule has 0 saturated heterocycles. The summed E-state index contributed by atoms with van der Waals surface area (Å²) in [5.41, 5.74) is 11.0. The maximum Gasteiger partial charge on any atom is 0.135 e. The van der Waals surface area contributed by atoms with Crippen molar-refractivity contribution in [2.45, 2.75) is 45.4 Å². The van der Waals surface area contributed by atoms with Crippen LogP contribution in [-0.4, -0.2) is 4.98 Å². The number of aryl methyl sites for hydroxylation is 3. The monoisotopic (exact) mass is 417 g/mol. The van der Waals surface area contributed by atoms with E-state index < -0.39 is 0 Å². The first kappa shape index (κ1) is 19.3. The van der Waals surface area contributed by atoms with Crippen molar-refractivity contribution in [3.8, 4) is 11.3 Å². The SMILES string of the molecule is Cc1ccc2oc3ccc(-c4cc(C(C)c5ccc6c(c5)CCCC6)ccn4)cc3c2c1. The average molecular weight is 418 g/mol. The number of pyridine rings is 1. The molecule has 2 heteroatoms. The zero-order valence-corrected chi connectivity index (χ0v) is 18.7. The molecule has 0 radical (unpaired) electrons. The average Bonchev–Trinajstić information content (AvgIpc) is 3.20. The molecule has 2 aromatic heterocycles. The number of furan rings is 1. The molecular formula is C30H27NO. The summed E-state index contributed by atoms with van der Waals surface area (Å²) >= 11 is 0. The van der Waals surface area contributed by atoms with Gasteiger partial charge in [0.05, 0.1) is 5.69 Å². The molecule has 0 fully saturated rings. The maximum atomic E-state index is 6.04. The Bertz CT molecular complexity index is 1460. The molecule has 5 aromatic rings. The fourth-order valence-corrected chi connectivity index (χ4v) is 5.14. The molecule has 1 unspecified atom stereocenters. The van der Waals surface area contributed by atoms with Crippen molar-refractivity contribution in [1.82, 2.24) is 4.98 Å². The summed E-state index contributed by atoms with van der Waals surface area (Å²) < 4.78 is 6.04. The van der Waals surface area contributed by atoms with E-state index in [4.69, 9.17) is 9.40 Å². The number of aromatic nitrogens is 1. The van der Waals surface area contributed by atoms with Crippen molar-refractivity contribution in [3.63, 3.8) is 0 Å². The highest BCUT2D eigenvalue weighted by molar-refractivity contribution is 6.06. The van der Waals surface area contributed by atoms with Crippen LogP contribution in [0.25, 0.3) is 33.2 Å². The molecule has 0 bridgehead atoms. The molecule has 1 aliphatic carbocycles. The van der Waals surface area contributed by atoms with Gasteiger partial charge >= 0.3 is 0 Å². The number of nitrogens with zero attached hydrogens (tertiary/aromatic N) is 1. The van der Waals surface area contributed by atoms with E-state index in [1.165, 1.54) is 47.8 Å². The number of benzene rings is 3. The summed E-state index contributed by atoms with van der Waals surface area (Å²) in [7, 11) is 0. The normalized spacial score (nSPS) is 14.6. The summed E-state index contributed by atoms with van der Waals surface area (Å²) in [4.78, 5) is 4.71. The Morgan fingerprint density at radius 3 is 2.38 bits per heavy atom. The quantitative estimate of drug-likeness (QED) is 0.297.